The predicted molar refractivity (Wildman–Crippen MR) is 74.4 cm³/mol. The first kappa shape index (κ1) is 12.0. The first-order valence-corrected chi connectivity index (χ1v) is 7.09. The molecule has 1 aromatic rings. The van der Waals surface area contributed by atoms with E-state index in [2.05, 4.69) is 38.2 Å². The number of rotatable bonds is 1. The van der Waals surface area contributed by atoms with Crippen LogP contribution in [0, 0.1) is 6.92 Å². The van der Waals surface area contributed by atoms with Crippen molar-refractivity contribution in [1.82, 2.24) is 5.32 Å². The Morgan fingerprint density at radius 1 is 1.22 bits per heavy atom. The van der Waals surface area contributed by atoms with Gasteiger partial charge >= 0.3 is 0 Å². The Balaban J connectivity index is 1.94. The third kappa shape index (κ3) is 2.03. The second kappa shape index (κ2) is 4.27. The molecule has 0 spiro atoms. The molecule has 0 bridgehead atoms. The first-order chi connectivity index (χ1) is 8.57. The van der Waals surface area contributed by atoms with Crippen LogP contribution in [0.4, 0.5) is 0 Å². The van der Waals surface area contributed by atoms with Crippen molar-refractivity contribution in [1.29, 1.82) is 0 Å². The van der Waals surface area contributed by atoms with Crippen molar-refractivity contribution >= 4 is 0 Å². The van der Waals surface area contributed by atoms with Crippen LogP contribution in [-0.2, 0) is 6.42 Å². The van der Waals surface area contributed by atoms with Crippen molar-refractivity contribution < 1.29 is 4.74 Å². The van der Waals surface area contributed by atoms with E-state index in [1.54, 1.807) is 5.56 Å². The molecule has 2 nitrogen and oxygen atoms in total. The molecule has 2 aliphatic rings. The van der Waals surface area contributed by atoms with Crippen molar-refractivity contribution in [3.63, 3.8) is 0 Å². The Hall–Kier alpha value is -1.02. The van der Waals surface area contributed by atoms with Crippen molar-refractivity contribution in [3.8, 4) is 5.75 Å². The van der Waals surface area contributed by atoms with E-state index in [9.17, 15) is 0 Å². The summed E-state index contributed by atoms with van der Waals surface area (Å²) in [6.45, 7) is 8.95. The highest BCUT2D eigenvalue weighted by Crippen LogP contribution is 2.40. The number of piperidine rings is 1. The van der Waals surface area contributed by atoms with E-state index in [-0.39, 0.29) is 5.60 Å². The summed E-state index contributed by atoms with van der Waals surface area (Å²) in [6, 6.07) is 4.49. The zero-order chi connectivity index (χ0) is 12.8. The van der Waals surface area contributed by atoms with Crippen LogP contribution in [0.25, 0.3) is 0 Å². The standard InChI is InChI=1S/C16H23NO/c1-11-13(12-6-8-17-9-7-12)4-5-15-14(11)10-16(2,3)18-15/h4-5,12,17H,6-10H2,1-3H3. The van der Waals surface area contributed by atoms with Gasteiger partial charge in [0, 0.05) is 12.0 Å². The van der Waals surface area contributed by atoms with E-state index in [4.69, 9.17) is 4.74 Å². The van der Waals surface area contributed by atoms with Crippen LogP contribution < -0.4 is 10.1 Å². The van der Waals surface area contributed by atoms with Gasteiger partial charge in [0.05, 0.1) is 0 Å². The summed E-state index contributed by atoms with van der Waals surface area (Å²) in [5.74, 6) is 1.84. The van der Waals surface area contributed by atoms with Gasteiger partial charge in [0.15, 0.2) is 0 Å². The fraction of sp³-hybridized carbons (Fsp3) is 0.625. The van der Waals surface area contributed by atoms with Gasteiger partial charge in [0.2, 0.25) is 0 Å². The highest BCUT2D eigenvalue weighted by molar-refractivity contribution is 5.49. The summed E-state index contributed by atoms with van der Waals surface area (Å²) < 4.78 is 6.01. The van der Waals surface area contributed by atoms with Gasteiger partial charge in [0.25, 0.3) is 0 Å². The summed E-state index contributed by atoms with van der Waals surface area (Å²) in [5.41, 5.74) is 4.44. The Morgan fingerprint density at radius 3 is 2.67 bits per heavy atom. The van der Waals surface area contributed by atoms with Crippen LogP contribution in [0.3, 0.4) is 0 Å². The zero-order valence-corrected chi connectivity index (χ0v) is 11.7. The molecule has 2 heteroatoms. The Kier molecular flexibility index (Phi) is 2.86. The summed E-state index contributed by atoms with van der Waals surface area (Å²) in [5, 5.41) is 3.44. The fourth-order valence-electron chi connectivity index (χ4n) is 3.40. The van der Waals surface area contributed by atoms with E-state index >= 15 is 0 Å². The Labute approximate surface area is 110 Å². The summed E-state index contributed by atoms with van der Waals surface area (Å²) in [7, 11) is 0. The van der Waals surface area contributed by atoms with E-state index in [1.165, 1.54) is 24.0 Å². The van der Waals surface area contributed by atoms with Crippen LogP contribution in [0.15, 0.2) is 12.1 Å². The van der Waals surface area contributed by atoms with Crippen LogP contribution in [0.5, 0.6) is 5.75 Å². The lowest BCUT2D eigenvalue weighted by molar-refractivity contribution is 0.138. The predicted octanol–water partition coefficient (Wildman–Crippen LogP) is 3.18. The lowest BCUT2D eigenvalue weighted by Gasteiger charge is -2.25. The molecule has 18 heavy (non-hydrogen) atoms. The van der Waals surface area contributed by atoms with Gasteiger partial charge in [-0.1, -0.05) is 6.07 Å². The van der Waals surface area contributed by atoms with Crippen molar-refractivity contribution in [2.45, 2.75) is 51.6 Å². The lowest BCUT2D eigenvalue weighted by Crippen LogP contribution is -2.27. The van der Waals surface area contributed by atoms with E-state index in [0.717, 1.165) is 31.2 Å². The first-order valence-electron chi connectivity index (χ1n) is 7.09. The number of benzene rings is 1. The van der Waals surface area contributed by atoms with Crippen molar-refractivity contribution in [2.24, 2.45) is 0 Å². The summed E-state index contributed by atoms with van der Waals surface area (Å²) in [6.07, 6.45) is 3.58. The molecule has 0 aromatic heterocycles. The molecule has 3 rings (SSSR count). The molecule has 0 atom stereocenters. The monoisotopic (exact) mass is 245 g/mol. The molecule has 1 saturated heterocycles. The highest BCUT2D eigenvalue weighted by Gasteiger charge is 2.32. The molecular formula is C16H23NO. The van der Waals surface area contributed by atoms with Crippen LogP contribution >= 0.6 is 0 Å². The minimum atomic E-state index is -0.0279. The molecule has 0 saturated carbocycles. The molecule has 0 radical (unpaired) electrons. The topological polar surface area (TPSA) is 21.3 Å². The molecule has 1 aromatic carbocycles. The third-order valence-corrected chi connectivity index (χ3v) is 4.37. The second-order valence-electron chi connectivity index (χ2n) is 6.32. The molecule has 0 amide bonds. The Bertz CT molecular complexity index is 458. The van der Waals surface area contributed by atoms with Crippen molar-refractivity contribution in [3.05, 3.63) is 28.8 Å². The summed E-state index contributed by atoms with van der Waals surface area (Å²) >= 11 is 0. The molecule has 2 aliphatic heterocycles. The molecule has 0 aliphatic carbocycles. The third-order valence-electron chi connectivity index (χ3n) is 4.37. The average molecular weight is 245 g/mol. The number of ether oxygens (including phenoxy) is 1. The van der Waals surface area contributed by atoms with E-state index in [1.807, 2.05) is 0 Å². The van der Waals surface area contributed by atoms with E-state index in [0.29, 0.717) is 0 Å². The molecule has 98 valence electrons. The molecule has 1 N–H and O–H groups in total. The second-order valence-corrected chi connectivity index (χ2v) is 6.32. The number of hydrogen-bond acceptors (Lipinski definition) is 2. The summed E-state index contributed by atoms with van der Waals surface area (Å²) in [4.78, 5) is 0. The van der Waals surface area contributed by atoms with Gasteiger partial charge in [-0.05, 0) is 69.8 Å². The van der Waals surface area contributed by atoms with Gasteiger partial charge in [-0.2, -0.15) is 0 Å². The number of fused-ring (bicyclic) bond motifs is 1. The smallest absolute Gasteiger partial charge is 0.123 e. The lowest BCUT2D eigenvalue weighted by atomic mass is 9.84. The zero-order valence-electron chi connectivity index (χ0n) is 11.7. The molecule has 2 heterocycles. The minimum Gasteiger partial charge on any atom is -0.487 e. The van der Waals surface area contributed by atoms with Gasteiger partial charge < -0.3 is 10.1 Å². The molecule has 1 fully saturated rings. The maximum atomic E-state index is 6.01. The molecule has 0 unspecified atom stereocenters. The van der Waals surface area contributed by atoms with Gasteiger partial charge in [-0.3, -0.25) is 0 Å². The van der Waals surface area contributed by atoms with Gasteiger partial charge in [-0.15, -0.1) is 0 Å². The fourth-order valence-corrected chi connectivity index (χ4v) is 3.40. The highest BCUT2D eigenvalue weighted by atomic mass is 16.5. The largest absolute Gasteiger partial charge is 0.487 e. The average Bonchev–Trinajstić information content (AvgIpc) is 2.66. The number of hydrogen-bond donors (Lipinski definition) is 1. The van der Waals surface area contributed by atoms with E-state index < -0.39 is 0 Å². The maximum Gasteiger partial charge on any atom is 0.123 e. The van der Waals surface area contributed by atoms with Crippen molar-refractivity contribution in [2.75, 3.05) is 13.1 Å². The quantitative estimate of drug-likeness (QED) is 0.820. The van der Waals surface area contributed by atoms with Gasteiger partial charge in [0.1, 0.15) is 11.4 Å². The minimum absolute atomic E-state index is 0.0279. The normalized spacial score (nSPS) is 22.6. The maximum absolute atomic E-state index is 6.01. The van der Waals surface area contributed by atoms with Crippen LogP contribution in [0.2, 0.25) is 0 Å². The molecular weight excluding hydrogens is 222 g/mol. The van der Waals surface area contributed by atoms with Crippen LogP contribution in [0.1, 0.15) is 49.3 Å². The SMILES string of the molecule is Cc1c(C2CCNCC2)ccc2c1CC(C)(C)O2. The van der Waals surface area contributed by atoms with Crippen LogP contribution in [-0.4, -0.2) is 18.7 Å². The van der Waals surface area contributed by atoms with Gasteiger partial charge in [-0.25, -0.2) is 0 Å². The Morgan fingerprint density at radius 2 is 1.94 bits per heavy atom. The number of nitrogens with one attached hydrogen (secondary N) is 1.